The van der Waals surface area contributed by atoms with Crippen molar-refractivity contribution in [2.45, 2.75) is 32.2 Å². The molecular formula is C10H17N3O2. The minimum atomic E-state index is -0.251. The zero-order valence-corrected chi connectivity index (χ0v) is 8.90. The topological polar surface area (TPSA) is 81.1 Å². The van der Waals surface area contributed by atoms with Gasteiger partial charge in [-0.05, 0) is 6.42 Å². The fourth-order valence-electron chi connectivity index (χ4n) is 1.29. The summed E-state index contributed by atoms with van der Waals surface area (Å²) >= 11 is 0. The van der Waals surface area contributed by atoms with Crippen LogP contribution in [0.1, 0.15) is 36.7 Å². The van der Waals surface area contributed by atoms with Crippen LogP contribution in [0, 0.1) is 0 Å². The Hall–Kier alpha value is -1.36. The number of hydrogen-bond acceptors (Lipinski definition) is 4. The van der Waals surface area contributed by atoms with Crippen LogP contribution in [-0.4, -0.2) is 23.7 Å². The maximum Gasteiger partial charge on any atom is 0.290 e. The number of unbranched alkanes of at least 4 members (excludes halogenated alkanes) is 1. The Kier molecular flexibility index (Phi) is 4.83. The smallest absolute Gasteiger partial charge is 0.290 e. The molecule has 0 spiro atoms. The Bertz CT molecular complexity index is 285. The second kappa shape index (κ2) is 6.19. The molecular weight excluding hydrogens is 194 g/mol. The first-order chi connectivity index (χ1) is 7.27. The lowest BCUT2D eigenvalue weighted by molar-refractivity contribution is 0.0898. The predicted octanol–water partition coefficient (Wildman–Crippen LogP) is 0.922. The van der Waals surface area contributed by atoms with Crippen molar-refractivity contribution >= 4 is 5.91 Å². The molecule has 0 aliphatic heterocycles. The fourth-order valence-corrected chi connectivity index (χ4v) is 1.29. The van der Waals surface area contributed by atoms with Gasteiger partial charge in [0.1, 0.15) is 0 Å². The molecule has 1 atom stereocenters. The first-order valence-electron chi connectivity index (χ1n) is 5.19. The van der Waals surface area contributed by atoms with Gasteiger partial charge in [0.2, 0.25) is 5.76 Å². The Morgan fingerprint density at radius 1 is 1.73 bits per heavy atom. The molecule has 1 heterocycles. The van der Waals surface area contributed by atoms with E-state index in [-0.39, 0.29) is 17.7 Å². The van der Waals surface area contributed by atoms with Crippen molar-refractivity contribution in [3.63, 3.8) is 0 Å². The van der Waals surface area contributed by atoms with Gasteiger partial charge in [-0.2, -0.15) is 0 Å². The van der Waals surface area contributed by atoms with Crippen molar-refractivity contribution in [1.82, 2.24) is 10.5 Å². The molecule has 1 amide bonds. The van der Waals surface area contributed by atoms with E-state index in [2.05, 4.69) is 17.4 Å². The first kappa shape index (κ1) is 11.7. The van der Waals surface area contributed by atoms with E-state index in [9.17, 15) is 4.79 Å². The molecule has 0 aromatic carbocycles. The number of aromatic nitrogens is 1. The molecule has 0 aliphatic carbocycles. The average Bonchev–Trinajstić information content (AvgIpc) is 2.77. The third-order valence-electron chi connectivity index (χ3n) is 2.19. The summed E-state index contributed by atoms with van der Waals surface area (Å²) in [5.74, 6) is -0.0241. The van der Waals surface area contributed by atoms with Crippen molar-refractivity contribution in [3.8, 4) is 0 Å². The van der Waals surface area contributed by atoms with E-state index in [1.807, 2.05) is 0 Å². The van der Waals surface area contributed by atoms with Gasteiger partial charge >= 0.3 is 0 Å². The molecule has 1 aromatic rings. The van der Waals surface area contributed by atoms with Crippen LogP contribution in [0.15, 0.2) is 16.8 Å². The monoisotopic (exact) mass is 211 g/mol. The highest BCUT2D eigenvalue weighted by atomic mass is 16.5. The zero-order valence-electron chi connectivity index (χ0n) is 8.90. The number of carbonyl (C=O) groups is 1. The van der Waals surface area contributed by atoms with Gasteiger partial charge in [0.15, 0.2) is 0 Å². The highest BCUT2D eigenvalue weighted by Crippen LogP contribution is 2.02. The van der Waals surface area contributed by atoms with E-state index in [1.165, 1.54) is 12.3 Å². The highest BCUT2D eigenvalue weighted by molar-refractivity contribution is 5.91. The molecule has 1 unspecified atom stereocenters. The molecule has 15 heavy (non-hydrogen) atoms. The van der Waals surface area contributed by atoms with E-state index < -0.39 is 0 Å². The molecule has 0 radical (unpaired) electrons. The molecule has 3 N–H and O–H groups in total. The minimum absolute atomic E-state index is 0.0162. The molecule has 0 saturated carbocycles. The lowest BCUT2D eigenvalue weighted by Gasteiger charge is -2.14. The van der Waals surface area contributed by atoms with Gasteiger partial charge in [-0.1, -0.05) is 24.9 Å². The van der Waals surface area contributed by atoms with Gasteiger partial charge in [-0.15, -0.1) is 0 Å². The molecule has 5 nitrogen and oxygen atoms in total. The average molecular weight is 211 g/mol. The second-order valence-corrected chi connectivity index (χ2v) is 3.43. The predicted molar refractivity (Wildman–Crippen MR) is 56.3 cm³/mol. The number of carbonyl (C=O) groups excluding carboxylic acids is 1. The van der Waals surface area contributed by atoms with Crippen molar-refractivity contribution in [2.24, 2.45) is 5.73 Å². The SMILES string of the molecule is CCCCC(CN)NC(=O)c1ccno1. The summed E-state index contributed by atoms with van der Waals surface area (Å²) in [5, 5.41) is 6.28. The Balaban J connectivity index is 2.41. The van der Waals surface area contributed by atoms with Gasteiger partial charge in [0.05, 0.1) is 6.20 Å². The van der Waals surface area contributed by atoms with Crippen LogP contribution in [0.4, 0.5) is 0 Å². The van der Waals surface area contributed by atoms with Gasteiger partial charge in [0.25, 0.3) is 5.91 Å². The van der Waals surface area contributed by atoms with Gasteiger partial charge in [-0.25, -0.2) is 0 Å². The molecule has 1 aromatic heterocycles. The van der Waals surface area contributed by atoms with Gasteiger partial charge in [0, 0.05) is 18.7 Å². The molecule has 5 heteroatoms. The lowest BCUT2D eigenvalue weighted by atomic mass is 10.1. The van der Waals surface area contributed by atoms with E-state index in [0.717, 1.165) is 19.3 Å². The summed E-state index contributed by atoms with van der Waals surface area (Å²) in [6.07, 6.45) is 4.48. The Labute approximate surface area is 89.0 Å². The molecule has 0 bridgehead atoms. The number of nitrogens with one attached hydrogen (secondary N) is 1. The summed E-state index contributed by atoms with van der Waals surface area (Å²) < 4.78 is 4.74. The van der Waals surface area contributed by atoms with Gasteiger partial charge in [-0.3, -0.25) is 4.79 Å². The normalized spacial score (nSPS) is 12.4. The number of amides is 1. The third kappa shape index (κ3) is 3.71. The summed E-state index contributed by atoms with van der Waals surface area (Å²) in [6.45, 7) is 2.55. The van der Waals surface area contributed by atoms with Crippen molar-refractivity contribution in [1.29, 1.82) is 0 Å². The van der Waals surface area contributed by atoms with Crippen LogP contribution >= 0.6 is 0 Å². The minimum Gasteiger partial charge on any atom is -0.351 e. The van der Waals surface area contributed by atoms with Crippen LogP contribution in [0.5, 0.6) is 0 Å². The van der Waals surface area contributed by atoms with Crippen LogP contribution in [0.25, 0.3) is 0 Å². The Morgan fingerprint density at radius 2 is 2.53 bits per heavy atom. The van der Waals surface area contributed by atoms with Crippen molar-refractivity contribution < 1.29 is 9.32 Å². The lowest BCUT2D eigenvalue weighted by Crippen LogP contribution is -2.40. The number of nitrogens with zero attached hydrogens (tertiary/aromatic N) is 1. The summed E-state index contributed by atoms with van der Waals surface area (Å²) in [6, 6.07) is 1.55. The molecule has 1 rings (SSSR count). The fraction of sp³-hybridized carbons (Fsp3) is 0.600. The van der Waals surface area contributed by atoms with Crippen LogP contribution in [-0.2, 0) is 0 Å². The van der Waals surface area contributed by atoms with E-state index in [1.54, 1.807) is 0 Å². The maximum absolute atomic E-state index is 11.5. The second-order valence-electron chi connectivity index (χ2n) is 3.43. The van der Waals surface area contributed by atoms with Crippen LogP contribution < -0.4 is 11.1 Å². The quantitative estimate of drug-likeness (QED) is 0.733. The first-order valence-corrected chi connectivity index (χ1v) is 5.19. The Morgan fingerprint density at radius 3 is 3.07 bits per heavy atom. The summed E-state index contributed by atoms with van der Waals surface area (Å²) in [7, 11) is 0. The molecule has 0 saturated heterocycles. The number of rotatable bonds is 6. The van der Waals surface area contributed by atoms with Crippen molar-refractivity contribution in [3.05, 3.63) is 18.0 Å². The van der Waals surface area contributed by atoms with E-state index >= 15 is 0 Å². The number of nitrogens with two attached hydrogens (primary N) is 1. The molecule has 0 aliphatic rings. The van der Waals surface area contributed by atoms with Crippen LogP contribution in [0.2, 0.25) is 0 Å². The van der Waals surface area contributed by atoms with Gasteiger partial charge < -0.3 is 15.6 Å². The molecule has 0 fully saturated rings. The van der Waals surface area contributed by atoms with Crippen molar-refractivity contribution in [2.75, 3.05) is 6.54 Å². The highest BCUT2D eigenvalue weighted by Gasteiger charge is 2.14. The van der Waals surface area contributed by atoms with E-state index in [4.69, 9.17) is 10.3 Å². The van der Waals surface area contributed by atoms with Crippen LogP contribution in [0.3, 0.4) is 0 Å². The summed E-state index contributed by atoms with van der Waals surface area (Å²) in [5.41, 5.74) is 5.55. The maximum atomic E-state index is 11.5. The standard InChI is InChI=1S/C10H17N3O2/c1-2-3-4-8(7-11)13-10(14)9-5-6-12-15-9/h5-6,8H,2-4,7,11H2,1H3,(H,13,14). The molecule has 84 valence electrons. The third-order valence-corrected chi connectivity index (χ3v) is 2.19. The summed E-state index contributed by atoms with van der Waals surface area (Å²) in [4.78, 5) is 11.5. The number of hydrogen-bond donors (Lipinski definition) is 2. The zero-order chi connectivity index (χ0) is 11.1. The largest absolute Gasteiger partial charge is 0.351 e. The van der Waals surface area contributed by atoms with E-state index in [0.29, 0.717) is 6.54 Å².